The van der Waals surface area contributed by atoms with E-state index in [4.69, 9.17) is 11.2 Å². The van der Waals surface area contributed by atoms with E-state index in [2.05, 4.69) is 5.92 Å². The third kappa shape index (κ3) is 1.29. The monoisotopic (exact) mass is 160 g/mol. The lowest BCUT2D eigenvalue weighted by Gasteiger charge is -2.09. The Labute approximate surface area is 73.4 Å². The fourth-order valence-electron chi connectivity index (χ4n) is 1.17. The molecule has 0 aliphatic carbocycles. The third-order valence-corrected chi connectivity index (χ3v) is 2.04. The molecule has 0 unspecified atom stereocenters. The van der Waals surface area contributed by atoms with Gasteiger partial charge in [-0.25, -0.2) is 0 Å². The molecule has 1 aromatic rings. The van der Waals surface area contributed by atoms with E-state index in [-0.39, 0.29) is 0 Å². The average Bonchev–Trinajstić information content (AvgIpc) is 2.09. The number of terminal acetylenes is 1. The molecule has 0 atom stereocenters. The molecule has 1 rings (SSSR count). The van der Waals surface area contributed by atoms with Crippen LogP contribution in [0.5, 0.6) is 5.75 Å². The van der Waals surface area contributed by atoms with Crippen molar-refractivity contribution in [1.82, 2.24) is 0 Å². The van der Waals surface area contributed by atoms with Gasteiger partial charge in [0.1, 0.15) is 5.75 Å². The third-order valence-electron chi connectivity index (χ3n) is 2.04. The maximum Gasteiger partial charge on any atom is 0.137 e. The minimum absolute atomic E-state index is 0.817. The highest BCUT2D eigenvalue weighted by Gasteiger charge is 2.05. The number of rotatable bonds is 1. The Morgan fingerprint density at radius 3 is 2.50 bits per heavy atom. The van der Waals surface area contributed by atoms with E-state index in [0.717, 1.165) is 16.9 Å². The van der Waals surface area contributed by atoms with Crippen LogP contribution in [-0.2, 0) is 0 Å². The SMILES string of the molecule is C#Cc1ccc(C)c(C)c1OC. The van der Waals surface area contributed by atoms with E-state index in [1.807, 2.05) is 26.0 Å². The van der Waals surface area contributed by atoms with E-state index >= 15 is 0 Å². The van der Waals surface area contributed by atoms with Crippen molar-refractivity contribution in [3.05, 3.63) is 28.8 Å². The van der Waals surface area contributed by atoms with Crippen molar-refractivity contribution in [2.24, 2.45) is 0 Å². The maximum atomic E-state index is 5.32. The highest BCUT2D eigenvalue weighted by atomic mass is 16.5. The predicted octanol–water partition coefficient (Wildman–Crippen LogP) is 2.29. The number of aryl methyl sites for hydroxylation is 1. The average molecular weight is 160 g/mol. The molecule has 0 N–H and O–H groups in total. The molecule has 0 aliphatic rings. The molecule has 12 heavy (non-hydrogen) atoms. The van der Waals surface area contributed by atoms with E-state index < -0.39 is 0 Å². The molecule has 0 heterocycles. The summed E-state index contributed by atoms with van der Waals surface area (Å²) in [5.41, 5.74) is 3.14. The van der Waals surface area contributed by atoms with Crippen molar-refractivity contribution >= 4 is 0 Å². The fourth-order valence-corrected chi connectivity index (χ4v) is 1.17. The van der Waals surface area contributed by atoms with Gasteiger partial charge in [0.05, 0.1) is 12.7 Å². The molecule has 0 aromatic heterocycles. The molecule has 0 amide bonds. The summed E-state index contributed by atoms with van der Waals surface area (Å²) < 4.78 is 5.21. The van der Waals surface area contributed by atoms with Crippen molar-refractivity contribution in [2.45, 2.75) is 13.8 Å². The molecule has 0 bridgehead atoms. The smallest absolute Gasteiger partial charge is 0.137 e. The molecule has 0 fully saturated rings. The summed E-state index contributed by atoms with van der Waals surface area (Å²) in [6.07, 6.45) is 5.32. The van der Waals surface area contributed by atoms with Gasteiger partial charge in [0, 0.05) is 0 Å². The summed E-state index contributed by atoms with van der Waals surface area (Å²) in [6.45, 7) is 4.05. The second kappa shape index (κ2) is 3.32. The van der Waals surface area contributed by atoms with Crippen LogP contribution in [0.25, 0.3) is 0 Å². The molecule has 1 heteroatoms. The van der Waals surface area contributed by atoms with Gasteiger partial charge < -0.3 is 4.74 Å². The van der Waals surface area contributed by atoms with Gasteiger partial charge in [0.25, 0.3) is 0 Å². The van der Waals surface area contributed by atoms with Crippen LogP contribution in [0, 0.1) is 26.2 Å². The van der Waals surface area contributed by atoms with Crippen molar-refractivity contribution in [2.75, 3.05) is 7.11 Å². The Balaban J connectivity index is 3.38. The summed E-state index contributed by atoms with van der Waals surface area (Å²) in [4.78, 5) is 0. The number of hydrogen-bond donors (Lipinski definition) is 0. The van der Waals surface area contributed by atoms with Crippen LogP contribution in [0.15, 0.2) is 12.1 Å². The van der Waals surface area contributed by atoms with Gasteiger partial charge in [-0.05, 0) is 31.0 Å². The Kier molecular flexibility index (Phi) is 2.40. The quantitative estimate of drug-likeness (QED) is 0.573. The fraction of sp³-hybridized carbons (Fsp3) is 0.273. The highest BCUT2D eigenvalue weighted by molar-refractivity contribution is 5.52. The van der Waals surface area contributed by atoms with E-state index in [9.17, 15) is 0 Å². The first kappa shape index (κ1) is 8.67. The molecule has 62 valence electrons. The Morgan fingerprint density at radius 2 is 2.00 bits per heavy atom. The second-order valence-electron chi connectivity index (χ2n) is 2.73. The minimum atomic E-state index is 0.817. The van der Waals surface area contributed by atoms with Crippen LogP contribution < -0.4 is 4.74 Å². The highest BCUT2D eigenvalue weighted by Crippen LogP contribution is 2.24. The zero-order valence-electron chi connectivity index (χ0n) is 7.64. The zero-order chi connectivity index (χ0) is 9.14. The van der Waals surface area contributed by atoms with Crippen LogP contribution in [0.4, 0.5) is 0 Å². The van der Waals surface area contributed by atoms with Crippen molar-refractivity contribution in [3.63, 3.8) is 0 Å². The number of methoxy groups -OCH3 is 1. The van der Waals surface area contributed by atoms with Crippen LogP contribution >= 0.6 is 0 Å². The molecular formula is C11H12O. The summed E-state index contributed by atoms with van der Waals surface area (Å²) in [6, 6.07) is 3.91. The van der Waals surface area contributed by atoms with E-state index in [0.29, 0.717) is 0 Å². The van der Waals surface area contributed by atoms with Gasteiger partial charge in [-0.15, -0.1) is 6.42 Å². The summed E-state index contributed by atoms with van der Waals surface area (Å²) >= 11 is 0. The van der Waals surface area contributed by atoms with Gasteiger partial charge >= 0.3 is 0 Å². The first-order valence-corrected chi connectivity index (χ1v) is 3.81. The number of benzene rings is 1. The molecule has 1 aromatic carbocycles. The lowest BCUT2D eigenvalue weighted by Crippen LogP contribution is -1.93. The molecule has 0 saturated heterocycles. The van der Waals surface area contributed by atoms with E-state index in [1.165, 1.54) is 5.56 Å². The van der Waals surface area contributed by atoms with Crippen molar-refractivity contribution in [1.29, 1.82) is 0 Å². The van der Waals surface area contributed by atoms with Crippen LogP contribution in [0.1, 0.15) is 16.7 Å². The number of hydrogen-bond acceptors (Lipinski definition) is 1. The maximum absolute atomic E-state index is 5.32. The van der Waals surface area contributed by atoms with Gasteiger partial charge in [0.15, 0.2) is 0 Å². The molecule has 0 radical (unpaired) electrons. The van der Waals surface area contributed by atoms with Gasteiger partial charge in [0.2, 0.25) is 0 Å². The largest absolute Gasteiger partial charge is 0.495 e. The van der Waals surface area contributed by atoms with Crippen LogP contribution in [0.2, 0.25) is 0 Å². The predicted molar refractivity (Wildman–Crippen MR) is 50.4 cm³/mol. The zero-order valence-corrected chi connectivity index (χ0v) is 7.64. The first-order valence-electron chi connectivity index (χ1n) is 3.81. The van der Waals surface area contributed by atoms with E-state index in [1.54, 1.807) is 7.11 Å². The molecular weight excluding hydrogens is 148 g/mol. The minimum Gasteiger partial charge on any atom is -0.495 e. The lowest BCUT2D eigenvalue weighted by atomic mass is 10.0. The van der Waals surface area contributed by atoms with Gasteiger partial charge in [-0.1, -0.05) is 12.0 Å². The Hall–Kier alpha value is -1.42. The van der Waals surface area contributed by atoms with Crippen molar-refractivity contribution < 1.29 is 4.74 Å². The van der Waals surface area contributed by atoms with Crippen LogP contribution in [-0.4, -0.2) is 7.11 Å². The molecule has 0 aliphatic heterocycles. The number of ether oxygens (including phenoxy) is 1. The van der Waals surface area contributed by atoms with Crippen molar-refractivity contribution in [3.8, 4) is 18.1 Å². The van der Waals surface area contributed by atoms with Gasteiger partial charge in [-0.2, -0.15) is 0 Å². The first-order chi connectivity index (χ1) is 5.70. The summed E-state index contributed by atoms with van der Waals surface area (Å²) in [7, 11) is 1.64. The van der Waals surface area contributed by atoms with Gasteiger partial charge in [-0.3, -0.25) is 0 Å². The molecule has 0 saturated carbocycles. The Morgan fingerprint density at radius 1 is 1.33 bits per heavy atom. The summed E-state index contributed by atoms with van der Waals surface area (Å²) in [5.74, 6) is 3.41. The normalized spacial score (nSPS) is 9.17. The topological polar surface area (TPSA) is 9.23 Å². The lowest BCUT2D eigenvalue weighted by molar-refractivity contribution is 0.410. The molecule has 0 spiro atoms. The Bertz CT molecular complexity index is 332. The standard InChI is InChI=1S/C11H12O/c1-5-10-7-6-8(2)9(3)11(10)12-4/h1,6-7H,2-4H3. The molecule has 1 nitrogen and oxygen atoms in total. The second-order valence-corrected chi connectivity index (χ2v) is 2.73. The summed E-state index contributed by atoms with van der Waals surface area (Å²) in [5, 5.41) is 0. The van der Waals surface area contributed by atoms with Crippen LogP contribution in [0.3, 0.4) is 0 Å².